The summed E-state index contributed by atoms with van der Waals surface area (Å²) in [7, 11) is 0. The van der Waals surface area contributed by atoms with E-state index in [1.165, 1.54) is 0 Å². The van der Waals surface area contributed by atoms with Gasteiger partial charge in [-0.25, -0.2) is 0 Å². The molecule has 2 aromatic carbocycles. The number of ether oxygens (including phenoxy) is 1. The molecule has 0 bridgehead atoms. The summed E-state index contributed by atoms with van der Waals surface area (Å²) in [6.45, 7) is 2.31. The van der Waals surface area contributed by atoms with Crippen molar-refractivity contribution in [2.45, 2.75) is 24.9 Å². The van der Waals surface area contributed by atoms with Crippen molar-refractivity contribution in [1.82, 2.24) is 10.2 Å². The molecule has 1 saturated heterocycles. The average molecular weight is 393 g/mol. The molecule has 2 unspecified atom stereocenters. The maximum atomic E-state index is 13.6. The molecule has 152 valence electrons. The number of amides is 2. The van der Waals surface area contributed by atoms with Crippen molar-refractivity contribution < 1.29 is 14.3 Å². The van der Waals surface area contributed by atoms with E-state index >= 15 is 0 Å². The highest BCUT2D eigenvalue weighted by Crippen LogP contribution is 2.34. The van der Waals surface area contributed by atoms with E-state index < -0.39 is 6.04 Å². The van der Waals surface area contributed by atoms with Gasteiger partial charge in [0, 0.05) is 19.1 Å². The molecule has 29 heavy (non-hydrogen) atoms. The number of rotatable bonds is 5. The Balaban J connectivity index is 1.70. The first kappa shape index (κ1) is 19.6. The van der Waals surface area contributed by atoms with E-state index in [0.717, 1.165) is 16.7 Å². The van der Waals surface area contributed by atoms with Gasteiger partial charge >= 0.3 is 0 Å². The third-order valence-electron chi connectivity index (χ3n) is 5.88. The van der Waals surface area contributed by atoms with Crippen LogP contribution in [0, 0.1) is 5.92 Å². The first-order valence-corrected chi connectivity index (χ1v) is 10.2. The summed E-state index contributed by atoms with van der Waals surface area (Å²) in [5.41, 5.74) is 8.89. The number of carbonyl (C=O) groups is 2. The van der Waals surface area contributed by atoms with E-state index in [1.54, 1.807) is 0 Å². The molecule has 0 aromatic heterocycles. The first-order valence-electron chi connectivity index (χ1n) is 10.2. The number of nitrogens with two attached hydrogens (primary N) is 1. The Hall–Kier alpha value is -2.70. The number of benzene rings is 2. The number of hydrogen-bond donors (Lipinski definition) is 2. The molecule has 4 rings (SSSR count). The van der Waals surface area contributed by atoms with Crippen molar-refractivity contribution in [2.24, 2.45) is 11.7 Å². The SMILES string of the molecule is NC(=O)C1Cc2ccccc2C([C@H](Cc2ccccc2)C(=O)N2CCOCC2)N1. The lowest BCUT2D eigenvalue weighted by atomic mass is 9.80. The lowest BCUT2D eigenvalue weighted by Crippen LogP contribution is -2.53. The molecule has 2 aromatic rings. The van der Waals surface area contributed by atoms with Gasteiger partial charge < -0.3 is 15.4 Å². The summed E-state index contributed by atoms with van der Waals surface area (Å²) in [5.74, 6) is -0.629. The highest BCUT2D eigenvalue weighted by atomic mass is 16.5. The normalized spacial score (nSPS) is 22.6. The molecule has 1 fully saturated rings. The zero-order chi connectivity index (χ0) is 20.2. The maximum absolute atomic E-state index is 13.6. The Morgan fingerprint density at radius 1 is 1.07 bits per heavy atom. The summed E-state index contributed by atoms with van der Waals surface area (Å²) in [5, 5.41) is 3.40. The van der Waals surface area contributed by atoms with Gasteiger partial charge in [-0.15, -0.1) is 0 Å². The topological polar surface area (TPSA) is 84.7 Å². The van der Waals surface area contributed by atoms with E-state index in [2.05, 4.69) is 11.4 Å². The number of fused-ring (bicyclic) bond motifs is 1. The van der Waals surface area contributed by atoms with Gasteiger partial charge in [-0.05, 0) is 29.5 Å². The molecule has 2 heterocycles. The van der Waals surface area contributed by atoms with Gasteiger partial charge in [0.25, 0.3) is 0 Å². The summed E-state index contributed by atoms with van der Waals surface area (Å²) >= 11 is 0. The molecule has 3 N–H and O–H groups in total. The van der Waals surface area contributed by atoms with Crippen LogP contribution in [0.5, 0.6) is 0 Å². The molecule has 0 saturated carbocycles. The lowest BCUT2D eigenvalue weighted by molar-refractivity contribution is -0.141. The molecule has 0 radical (unpaired) electrons. The predicted molar refractivity (Wildman–Crippen MR) is 110 cm³/mol. The minimum atomic E-state index is -0.481. The zero-order valence-electron chi connectivity index (χ0n) is 16.4. The average Bonchev–Trinajstić information content (AvgIpc) is 2.77. The maximum Gasteiger partial charge on any atom is 0.234 e. The highest BCUT2D eigenvalue weighted by Gasteiger charge is 2.39. The van der Waals surface area contributed by atoms with Crippen LogP contribution in [0.1, 0.15) is 22.7 Å². The number of morpholine rings is 1. The number of hydrogen-bond acceptors (Lipinski definition) is 4. The van der Waals surface area contributed by atoms with Crippen LogP contribution in [0.15, 0.2) is 54.6 Å². The fourth-order valence-corrected chi connectivity index (χ4v) is 4.36. The second-order valence-corrected chi connectivity index (χ2v) is 7.74. The van der Waals surface area contributed by atoms with Gasteiger partial charge in [-0.2, -0.15) is 0 Å². The second kappa shape index (κ2) is 8.76. The van der Waals surface area contributed by atoms with Crippen LogP contribution in [0.4, 0.5) is 0 Å². The van der Waals surface area contributed by atoms with Crippen molar-refractivity contribution in [2.75, 3.05) is 26.3 Å². The van der Waals surface area contributed by atoms with E-state index in [9.17, 15) is 9.59 Å². The predicted octanol–water partition coefficient (Wildman–Crippen LogP) is 1.44. The number of primary amides is 1. The largest absolute Gasteiger partial charge is 0.378 e. The van der Waals surface area contributed by atoms with E-state index in [1.807, 2.05) is 53.4 Å². The summed E-state index contributed by atoms with van der Waals surface area (Å²) in [6, 6.07) is 17.3. The quantitative estimate of drug-likeness (QED) is 0.805. The van der Waals surface area contributed by atoms with Crippen LogP contribution in [0.25, 0.3) is 0 Å². The van der Waals surface area contributed by atoms with Crippen LogP contribution in [0.2, 0.25) is 0 Å². The summed E-state index contributed by atoms with van der Waals surface area (Å²) in [4.78, 5) is 27.5. The Morgan fingerprint density at radius 3 is 2.48 bits per heavy atom. The van der Waals surface area contributed by atoms with Gasteiger partial charge in [0.15, 0.2) is 0 Å². The molecular formula is C23H27N3O3. The molecule has 2 aliphatic heterocycles. The van der Waals surface area contributed by atoms with E-state index in [4.69, 9.17) is 10.5 Å². The Kier molecular flexibility index (Phi) is 5.92. The Bertz CT molecular complexity index is 865. The van der Waals surface area contributed by atoms with Crippen LogP contribution in [-0.2, 0) is 27.2 Å². The third kappa shape index (κ3) is 4.33. The van der Waals surface area contributed by atoms with Crippen molar-refractivity contribution >= 4 is 11.8 Å². The van der Waals surface area contributed by atoms with Gasteiger partial charge in [0.05, 0.1) is 25.2 Å². The summed E-state index contributed by atoms with van der Waals surface area (Å²) in [6.07, 6.45) is 1.14. The van der Waals surface area contributed by atoms with Crippen molar-refractivity contribution in [3.05, 3.63) is 71.3 Å². The molecule has 6 nitrogen and oxygen atoms in total. The molecule has 0 spiro atoms. The fourth-order valence-electron chi connectivity index (χ4n) is 4.36. The standard InChI is InChI=1S/C23H27N3O3/c24-22(27)20-15-17-8-4-5-9-18(17)21(25-20)19(14-16-6-2-1-3-7-16)23(28)26-10-12-29-13-11-26/h1-9,19-21,25H,10-15H2,(H2,24,27)/t19-,20?,21?/m0/s1. The minimum absolute atomic E-state index is 0.0922. The van der Waals surface area contributed by atoms with Gasteiger partial charge in [0.2, 0.25) is 11.8 Å². The first-order chi connectivity index (χ1) is 14.1. The van der Waals surface area contributed by atoms with Gasteiger partial charge in [-0.1, -0.05) is 54.6 Å². The number of nitrogens with zero attached hydrogens (tertiary/aromatic N) is 1. The van der Waals surface area contributed by atoms with E-state index in [-0.39, 0.29) is 23.8 Å². The van der Waals surface area contributed by atoms with Crippen LogP contribution in [-0.4, -0.2) is 49.1 Å². The molecule has 0 aliphatic carbocycles. The van der Waals surface area contributed by atoms with Gasteiger partial charge in [0.1, 0.15) is 0 Å². The fraction of sp³-hybridized carbons (Fsp3) is 0.391. The number of carbonyl (C=O) groups excluding carboxylic acids is 2. The van der Waals surface area contributed by atoms with Crippen LogP contribution >= 0.6 is 0 Å². The molecule has 2 amide bonds. The Labute approximate surface area is 171 Å². The molecular weight excluding hydrogens is 366 g/mol. The molecule has 2 aliphatic rings. The van der Waals surface area contributed by atoms with Crippen LogP contribution < -0.4 is 11.1 Å². The van der Waals surface area contributed by atoms with Crippen LogP contribution in [0.3, 0.4) is 0 Å². The number of nitrogens with one attached hydrogen (secondary N) is 1. The highest BCUT2D eigenvalue weighted by molar-refractivity contribution is 5.83. The minimum Gasteiger partial charge on any atom is -0.378 e. The smallest absolute Gasteiger partial charge is 0.234 e. The zero-order valence-corrected chi connectivity index (χ0v) is 16.4. The van der Waals surface area contributed by atoms with Crippen molar-refractivity contribution in [3.63, 3.8) is 0 Å². The monoisotopic (exact) mass is 393 g/mol. The van der Waals surface area contributed by atoms with Crippen molar-refractivity contribution in [3.8, 4) is 0 Å². The van der Waals surface area contributed by atoms with Gasteiger partial charge in [-0.3, -0.25) is 14.9 Å². The Morgan fingerprint density at radius 2 is 1.76 bits per heavy atom. The summed E-state index contributed by atoms with van der Waals surface area (Å²) < 4.78 is 5.43. The van der Waals surface area contributed by atoms with E-state index in [0.29, 0.717) is 39.1 Å². The second-order valence-electron chi connectivity index (χ2n) is 7.74. The third-order valence-corrected chi connectivity index (χ3v) is 5.88. The molecule has 6 heteroatoms. The molecule has 3 atom stereocenters. The lowest BCUT2D eigenvalue weighted by Gasteiger charge is -2.39. The van der Waals surface area contributed by atoms with Crippen molar-refractivity contribution in [1.29, 1.82) is 0 Å².